The number of methoxy groups -OCH3 is 1. The Labute approximate surface area is 143 Å². The highest BCUT2D eigenvalue weighted by atomic mass is 16.5. The Hall–Kier alpha value is -2.74. The summed E-state index contributed by atoms with van der Waals surface area (Å²) >= 11 is 0. The summed E-state index contributed by atoms with van der Waals surface area (Å²) in [5.41, 5.74) is 7.42. The van der Waals surface area contributed by atoms with E-state index in [1.54, 1.807) is 13.2 Å². The molecule has 0 aliphatic rings. The van der Waals surface area contributed by atoms with E-state index in [9.17, 15) is 5.11 Å². The molecule has 0 amide bonds. The number of hydrogen-bond donors (Lipinski definition) is 1. The fourth-order valence-electron chi connectivity index (χ4n) is 2.98. The van der Waals surface area contributed by atoms with Gasteiger partial charge in [-0.2, -0.15) is 0 Å². The molecular weight excluding hydrogens is 296 g/mol. The lowest BCUT2D eigenvalue weighted by molar-refractivity contribution is 0.373. The van der Waals surface area contributed by atoms with Crippen molar-refractivity contribution >= 4 is 0 Å². The molecule has 0 saturated heterocycles. The summed E-state index contributed by atoms with van der Waals surface area (Å²) in [6, 6.07) is 20.6. The maximum absolute atomic E-state index is 9.79. The van der Waals surface area contributed by atoms with Gasteiger partial charge in [0.1, 0.15) is 0 Å². The molecule has 0 aliphatic heterocycles. The van der Waals surface area contributed by atoms with Crippen LogP contribution < -0.4 is 4.74 Å². The Morgan fingerprint density at radius 1 is 0.917 bits per heavy atom. The van der Waals surface area contributed by atoms with E-state index in [4.69, 9.17) is 4.74 Å². The summed E-state index contributed by atoms with van der Waals surface area (Å²) in [6.45, 7) is 4.24. The van der Waals surface area contributed by atoms with Gasteiger partial charge in [-0.1, -0.05) is 54.1 Å². The smallest absolute Gasteiger partial charge is 0.160 e. The largest absolute Gasteiger partial charge is 0.504 e. The molecule has 1 N–H and O–H groups in total. The second kappa shape index (κ2) is 6.79. The van der Waals surface area contributed by atoms with E-state index >= 15 is 0 Å². The zero-order valence-electron chi connectivity index (χ0n) is 14.3. The first-order valence-corrected chi connectivity index (χ1v) is 8.10. The molecule has 3 rings (SSSR count). The van der Waals surface area contributed by atoms with Gasteiger partial charge in [-0.3, -0.25) is 0 Å². The SMILES string of the molecule is COc1cc(Cc2c(C)cccc2-c2ccc(C)cc2)ccc1O. The number of aryl methyl sites for hydroxylation is 2. The van der Waals surface area contributed by atoms with Crippen molar-refractivity contribution in [1.82, 2.24) is 0 Å². The first kappa shape index (κ1) is 16.1. The van der Waals surface area contributed by atoms with Crippen molar-refractivity contribution in [3.63, 3.8) is 0 Å². The molecule has 3 aromatic rings. The van der Waals surface area contributed by atoms with Crippen LogP contribution in [0, 0.1) is 13.8 Å². The number of aromatic hydroxyl groups is 1. The van der Waals surface area contributed by atoms with E-state index in [-0.39, 0.29) is 5.75 Å². The second-order valence-electron chi connectivity index (χ2n) is 6.15. The van der Waals surface area contributed by atoms with Crippen molar-refractivity contribution in [3.8, 4) is 22.6 Å². The van der Waals surface area contributed by atoms with Gasteiger partial charge in [0.2, 0.25) is 0 Å². The monoisotopic (exact) mass is 318 g/mol. The van der Waals surface area contributed by atoms with E-state index < -0.39 is 0 Å². The lowest BCUT2D eigenvalue weighted by Crippen LogP contribution is -1.97. The Balaban J connectivity index is 2.03. The predicted molar refractivity (Wildman–Crippen MR) is 98.8 cm³/mol. The average molecular weight is 318 g/mol. The Morgan fingerprint density at radius 2 is 1.67 bits per heavy atom. The lowest BCUT2D eigenvalue weighted by Gasteiger charge is -2.14. The predicted octanol–water partition coefficient (Wildman–Crippen LogP) is 5.28. The van der Waals surface area contributed by atoms with Gasteiger partial charge in [-0.15, -0.1) is 0 Å². The summed E-state index contributed by atoms with van der Waals surface area (Å²) in [4.78, 5) is 0. The van der Waals surface area contributed by atoms with Crippen LogP contribution in [0.2, 0.25) is 0 Å². The third-order valence-corrected chi connectivity index (χ3v) is 4.40. The highest BCUT2D eigenvalue weighted by Crippen LogP contribution is 2.31. The van der Waals surface area contributed by atoms with Gasteiger partial charge in [0.05, 0.1) is 7.11 Å². The van der Waals surface area contributed by atoms with Crippen LogP contribution in [0.3, 0.4) is 0 Å². The molecule has 0 heterocycles. The Bertz CT molecular complexity index is 848. The van der Waals surface area contributed by atoms with Crippen LogP contribution in [0.15, 0.2) is 60.7 Å². The van der Waals surface area contributed by atoms with E-state index in [0.717, 1.165) is 12.0 Å². The van der Waals surface area contributed by atoms with Crippen LogP contribution in [0.4, 0.5) is 0 Å². The number of phenolic OH excluding ortho intramolecular Hbond substituents is 1. The van der Waals surface area contributed by atoms with Crippen molar-refractivity contribution < 1.29 is 9.84 Å². The number of benzene rings is 3. The summed E-state index contributed by atoms with van der Waals surface area (Å²) in [5, 5.41) is 9.79. The molecule has 0 radical (unpaired) electrons. The van der Waals surface area contributed by atoms with Crippen LogP contribution in [0.1, 0.15) is 22.3 Å². The molecule has 3 aromatic carbocycles. The maximum atomic E-state index is 9.79. The fraction of sp³-hybridized carbons (Fsp3) is 0.182. The molecule has 2 nitrogen and oxygen atoms in total. The molecule has 0 spiro atoms. The van der Waals surface area contributed by atoms with Gasteiger partial charge in [-0.05, 0) is 60.2 Å². The van der Waals surface area contributed by atoms with Crippen LogP contribution in [-0.2, 0) is 6.42 Å². The van der Waals surface area contributed by atoms with Crippen LogP contribution in [0.25, 0.3) is 11.1 Å². The molecule has 0 bridgehead atoms. The summed E-state index contributed by atoms with van der Waals surface area (Å²) in [6.07, 6.45) is 0.798. The Kier molecular flexibility index (Phi) is 4.57. The zero-order valence-corrected chi connectivity index (χ0v) is 14.3. The minimum absolute atomic E-state index is 0.171. The fourth-order valence-corrected chi connectivity index (χ4v) is 2.98. The number of hydrogen-bond acceptors (Lipinski definition) is 2. The van der Waals surface area contributed by atoms with Crippen molar-refractivity contribution in [2.45, 2.75) is 20.3 Å². The molecule has 0 fully saturated rings. The molecule has 0 aromatic heterocycles. The van der Waals surface area contributed by atoms with Crippen LogP contribution >= 0.6 is 0 Å². The van der Waals surface area contributed by atoms with E-state index in [1.807, 2.05) is 12.1 Å². The maximum Gasteiger partial charge on any atom is 0.160 e. The van der Waals surface area contributed by atoms with E-state index in [0.29, 0.717) is 5.75 Å². The molecule has 122 valence electrons. The summed E-state index contributed by atoms with van der Waals surface area (Å²) < 4.78 is 5.23. The van der Waals surface area contributed by atoms with Crippen molar-refractivity contribution in [1.29, 1.82) is 0 Å². The topological polar surface area (TPSA) is 29.5 Å². The van der Waals surface area contributed by atoms with Crippen molar-refractivity contribution in [2.24, 2.45) is 0 Å². The molecule has 24 heavy (non-hydrogen) atoms. The molecule has 0 aliphatic carbocycles. The minimum atomic E-state index is 0.171. The van der Waals surface area contributed by atoms with Crippen molar-refractivity contribution in [3.05, 3.63) is 82.9 Å². The van der Waals surface area contributed by atoms with Crippen LogP contribution in [-0.4, -0.2) is 12.2 Å². The van der Waals surface area contributed by atoms with Gasteiger partial charge in [0.15, 0.2) is 11.5 Å². The third kappa shape index (κ3) is 3.28. The number of phenols is 1. The normalized spacial score (nSPS) is 10.6. The minimum Gasteiger partial charge on any atom is -0.504 e. The third-order valence-electron chi connectivity index (χ3n) is 4.40. The summed E-state index contributed by atoms with van der Waals surface area (Å²) in [7, 11) is 1.57. The van der Waals surface area contributed by atoms with E-state index in [2.05, 4.69) is 56.3 Å². The first-order valence-electron chi connectivity index (χ1n) is 8.10. The zero-order chi connectivity index (χ0) is 17.1. The highest BCUT2D eigenvalue weighted by Gasteiger charge is 2.10. The standard InChI is InChI=1S/C22H22O2/c1-15-7-10-18(11-8-15)19-6-4-5-16(2)20(19)13-17-9-12-21(23)22(14-17)24-3/h4-12,14,23H,13H2,1-3H3. The second-order valence-corrected chi connectivity index (χ2v) is 6.15. The Morgan fingerprint density at radius 3 is 2.38 bits per heavy atom. The van der Waals surface area contributed by atoms with Gasteiger partial charge >= 0.3 is 0 Å². The van der Waals surface area contributed by atoms with E-state index in [1.165, 1.54) is 27.8 Å². The van der Waals surface area contributed by atoms with Crippen LogP contribution in [0.5, 0.6) is 11.5 Å². The van der Waals surface area contributed by atoms with Gasteiger partial charge in [-0.25, -0.2) is 0 Å². The molecular formula is C22H22O2. The lowest BCUT2D eigenvalue weighted by atomic mass is 9.91. The molecule has 0 unspecified atom stereocenters. The van der Waals surface area contributed by atoms with Gasteiger partial charge in [0, 0.05) is 0 Å². The highest BCUT2D eigenvalue weighted by molar-refractivity contribution is 5.69. The molecule has 0 atom stereocenters. The number of ether oxygens (including phenoxy) is 1. The number of rotatable bonds is 4. The van der Waals surface area contributed by atoms with Gasteiger partial charge < -0.3 is 9.84 Å². The molecule has 2 heteroatoms. The molecule has 0 saturated carbocycles. The van der Waals surface area contributed by atoms with Gasteiger partial charge in [0.25, 0.3) is 0 Å². The first-order chi connectivity index (χ1) is 11.6. The average Bonchev–Trinajstić information content (AvgIpc) is 2.59. The summed E-state index contributed by atoms with van der Waals surface area (Å²) in [5.74, 6) is 0.683. The quantitative estimate of drug-likeness (QED) is 0.709. The van der Waals surface area contributed by atoms with Crippen molar-refractivity contribution in [2.75, 3.05) is 7.11 Å².